The van der Waals surface area contributed by atoms with Gasteiger partial charge >= 0.3 is 6.09 Å². The topological polar surface area (TPSA) is 51.2 Å². The summed E-state index contributed by atoms with van der Waals surface area (Å²) in [5.74, 6) is 0.495. The third kappa shape index (κ3) is 3.03. The van der Waals surface area contributed by atoms with Crippen LogP contribution in [-0.2, 0) is 0 Å². The van der Waals surface area contributed by atoms with Gasteiger partial charge in [-0.05, 0) is 30.3 Å². The molecule has 104 valence electrons. The molecule has 0 atom stereocenters. The second kappa shape index (κ2) is 5.93. The Balaban J connectivity index is 1.85. The van der Waals surface area contributed by atoms with Gasteiger partial charge < -0.3 is 4.74 Å². The van der Waals surface area contributed by atoms with Crippen molar-refractivity contribution in [2.45, 2.75) is 0 Å². The Hall–Kier alpha value is -2.40. The van der Waals surface area contributed by atoms with Crippen molar-refractivity contribution in [3.8, 4) is 5.75 Å². The summed E-state index contributed by atoms with van der Waals surface area (Å²) in [6.45, 7) is 0. The minimum atomic E-state index is -0.534. The summed E-state index contributed by atoms with van der Waals surface area (Å²) in [6.07, 6.45) is 2.88. The molecule has 0 fully saturated rings. The summed E-state index contributed by atoms with van der Waals surface area (Å²) in [7, 11) is 0. The Labute approximate surface area is 129 Å². The number of pyridine rings is 1. The van der Waals surface area contributed by atoms with Crippen molar-refractivity contribution in [2.24, 2.45) is 0 Å². The lowest BCUT2D eigenvalue weighted by atomic mass is 10.1. The highest BCUT2D eigenvalue weighted by molar-refractivity contribution is 9.10. The van der Waals surface area contributed by atoms with Gasteiger partial charge in [0.2, 0.25) is 0 Å². The number of anilines is 1. The number of carbonyl (C=O) groups is 1. The lowest BCUT2D eigenvalue weighted by molar-refractivity contribution is 0.215. The van der Waals surface area contributed by atoms with Crippen LogP contribution in [0.3, 0.4) is 0 Å². The number of nitrogens with one attached hydrogen (secondary N) is 1. The molecule has 0 bridgehead atoms. The van der Waals surface area contributed by atoms with E-state index in [9.17, 15) is 4.79 Å². The van der Waals surface area contributed by atoms with Gasteiger partial charge in [-0.1, -0.05) is 34.1 Å². The SMILES string of the molecule is O=C(Nc1ccc(Br)c2ccncc12)Oc1ccccc1. The molecule has 1 N–H and O–H groups in total. The molecule has 1 aromatic heterocycles. The molecule has 3 aromatic rings. The van der Waals surface area contributed by atoms with Gasteiger partial charge in [0.1, 0.15) is 5.75 Å². The molecule has 0 saturated heterocycles. The lowest BCUT2D eigenvalue weighted by Crippen LogP contribution is -2.16. The van der Waals surface area contributed by atoms with E-state index in [-0.39, 0.29) is 0 Å². The molecule has 3 rings (SSSR count). The van der Waals surface area contributed by atoms with Crippen LogP contribution in [0.4, 0.5) is 10.5 Å². The first-order valence-electron chi connectivity index (χ1n) is 6.30. The van der Waals surface area contributed by atoms with E-state index in [4.69, 9.17) is 4.74 Å². The summed E-state index contributed by atoms with van der Waals surface area (Å²) in [6, 6.07) is 14.5. The predicted octanol–water partition coefficient (Wildman–Crippen LogP) is 4.61. The number of hydrogen-bond acceptors (Lipinski definition) is 3. The van der Waals surface area contributed by atoms with E-state index in [0.29, 0.717) is 11.4 Å². The van der Waals surface area contributed by atoms with Gasteiger partial charge in [-0.2, -0.15) is 0 Å². The molecule has 0 aliphatic carbocycles. The largest absolute Gasteiger partial charge is 0.417 e. The van der Waals surface area contributed by atoms with Crippen molar-refractivity contribution >= 4 is 38.5 Å². The molecule has 1 heterocycles. The Morgan fingerprint density at radius 2 is 1.86 bits per heavy atom. The second-order valence-electron chi connectivity index (χ2n) is 4.34. The van der Waals surface area contributed by atoms with Gasteiger partial charge in [0.15, 0.2) is 0 Å². The summed E-state index contributed by atoms with van der Waals surface area (Å²) in [4.78, 5) is 16.0. The molecule has 0 aliphatic rings. The first-order chi connectivity index (χ1) is 10.2. The highest BCUT2D eigenvalue weighted by Crippen LogP contribution is 2.29. The molecule has 21 heavy (non-hydrogen) atoms. The maximum atomic E-state index is 11.9. The van der Waals surface area contributed by atoms with Crippen LogP contribution in [0.2, 0.25) is 0 Å². The fraction of sp³-hybridized carbons (Fsp3) is 0. The van der Waals surface area contributed by atoms with Crippen LogP contribution in [0.25, 0.3) is 10.8 Å². The molecule has 0 unspecified atom stereocenters. The summed E-state index contributed by atoms with van der Waals surface area (Å²) in [5.41, 5.74) is 0.655. The van der Waals surface area contributed by atoms with E-state index >= 15 is 0 Å². The number of nitrogens with zero attached hydrogens (tertiary/aromatic N) is 1. The quantitative estimate of drug-likeness (QED) is 0.739. The number of amides is 1. The van der Waals surface area contributed by atoms with Gasteiger partial charge in [0.05, 0.1) is 5.69 Å². The highest BCUT2D eigenvalue weighted by atomic mass is 79.9. The molecule has 5 heteroatoms. The van der Waals surface area contributed by atoms with Crippen LogP contribution in [0.15, 0.2) is 65.4 Å². The summed E-state index contributed by atoms with van der Waals surface area (Å²) in [5, 5.41) is 4.56. The standard InChI is InChI=1S/C16H11BrN2O2/c17-14-6-7-15(13-10-18-9-8-12(13)14)19-16(20)21-11-4-2-1-3-5-11/h1-10H,(H,19,20). The molecule has 0 radical (unpaired) electrons. The van der Waals surface area contributed by atoms with Crippen LogP contribution in [0, 0.1) is 0 Å². The Bertz CT molecular complexity index is 791. The van der Waals surface area contributed by atoms with E-state index in [1.165, 1.54) is 0 Å². The third-order valence-electron chi connectivity index (χ3n) is 2.96. The number of rotatable bonds is 2. The van der Waals surface area contributed by atoms with Gasteiger partial charge in [0.25, 0.3) is 0 Å². The smallest absolute Gasteiger partial charge is 0.410 e. The molecule has 4 nitrogen and oxygen atoms in total. The molecular weight excluding hydrogens is 332 g/mol. The molecule has 1 amide bonds. The van der Waals surface area contributed by atoms with E-state index < -0.39 is 6.09 Å². The first-order valence-corrected chi connectivity index (χ1v) is 7.09. The first kappa shape index (κ1) is 13.6. The van der Waals surface area contributed by atoms with E-state index in [1.807, 2.05) is 30.3 Å². The molecule has 0 aliphatic heterocycles. The van der Waals surface area contributed by atoms with E-state index in [2.05, 4.69) is 26.2 Å². The Kier molecular flexibility index (Phi) is 3.83. The van der Waals surface area contributed by atoms with Crippen molar-refractivity contribution in [2.75, 3.05) is 5.32 Å². The minimum absolute atomic E-state index is 0.495. The average molecular weight is 343 g/mol. The van der Waals surface area contributed by atoms with Crippen LogP contribution in [0.1, 0.15) is 0 Å². The van der Waals surface area contributed by atoms with Gasteiger partial charge in [0, 0.05) is 27.6 Å². The number of halogens is 1. The zero-order valence-corrected chi connectivity index (χ0v) is 12.5. The van der Waals surface area contributed by atoms with Crippen molar-refractivity contribution in [1.82, 2.24) is 4.98 Å². The van der Waals surface area contributed by atoms with Gasteiger partial charge in [-0.15, -0.1) is 0 Å². The monoisotopic (exact) mass is 342 g/mol. The predicted molar refractivity (Wildman–Crippen MR) is 85.5 cm³/mol. The fourth-order valence-corrected chi connectivity index (χ4v) is 2.47. The van der Waals surface area contributed by atoms with Crippen molar-refractivity contribution in [3.63, 3.8) is 0 Å². The molecule has 0 spiro atoms. The highest BCUT2D eigenvalue weighted by Gasteiger charge is 2.09. The van der Waals surface area contributed by atoms with E-state index in [0.717, 1.165) is 15.2 Å². The lowest BCUT2D eigenvalue weighted by Gasteiger charge is -2.10. The van der Waals surface area contributed by atoms with Gasteiger partial charge in [-0.25, -0.2) is 4.79 Å². The zero-order chi connectivity index (χ0) is 14.7. The van der Waals surface area contributed by atoms with Gasteiger partial charge in [-0.3, -0.25) is 10.3 Å². The maximum absolute atomic E-state index is 11.9. The molecule has 0 saturated carbocycles. The van der Waals surface area contributed by atoms with Crippen LogP contribution < -0.4 is 10.1 Å². The minimum Gasteiger partial charge on any atom is -0.410 e. The molecular formula is C16H11BrN2O2. The Morgan fingerprint density at radius 3 is 2.67 bits per heavy atom. The molecule has 2 aromatic carbocycles. The normalized spacial score (nSPS) is 10.3. The number of para-hydroxylation sites is 1. The second-order valence-corrected chi connectivity index (χ2v) is 5.20. The average Bonchev–Trinajstić information content (AvgIpc) is 2.51. The van der Waals surface area contributed by atoms with Crippen molar-refractivity contribution in [3.05, 3.63) is 65.4 Å². The van der Waals surface area contributed by atoms with Crippen molar-refractivity contribution < 1.29 is 9.53 Å². The maximum Gasteiger partial charge on any atom is 0.417 e. The number of aromatic nitrogens is 1. The zero-order valence-electron chi connectivity index (χ0n) is 10.9. The van der Waals surface area contributed by atoms with Crippen molar-refractivity contribution in [1.29, 1.82) is 0 Å². The number of ether oxygens (including phenoxy) is 1. The van der Waals surface area contributed by atoms with E-state index in [1.54, 1.807) is 30.6 Å². The number of carbonyl (C=O) groups excluding carboxylic acids is 1. The summed E-state index contributed by atoms with van der Waals surface area (Å²) < 4.78 is 6.16. The Morgan fingerprint density at radius 1 is 1.05 bits per heavy atom. The summed E-state index contributed by atoms with van der Waals surface area (Å²) >= 11 is 3.48. The van der Waals surface area contributed by atoms with Crippen LogP contribution in [-0.4, -0.2) is 11.1 Å². The number of benzene rings is 2. The van der Waals surface area contributed by atoms with Crippen LogP contribution >= 0.6 is 15.9 Å². The third-order valence-corrected chi connectivity index (χ3v) is 3.65. The number of hydrogen-bond donors (Lipinski definition) is 1. The van der Waals surface area contributed by atoms with Crippen LogP contribution in [0.5, 0.6) is 5.75 Å². The number of fused-ring (bicyclic) bond motifs is 1. The fourth-order valence-electron chi connectivity index (χ4n) is 1.99.